The molecule has 0 unspecified atom stereocenters. The Hall–Kier alpha value is -3.34. The molecule has 5 rings (SSSR count). The number of benzene rings is 2. The topological polar surface area (TPSA) is 79.4 Å². The van der Waals surface area contributed by atoms with Crippen molar-refractivity contribution in [3.8, 4) is 22.4 Å². The average molecular weight is 488 g/mol. The van der Waals surface area contributed by atoms with Gasteiger partial charge in [0.25, 0.3) is 10.4 Å². The molecular weight excluding hydrogens is 477 g/mol. The second-order valence-corrected chi connectivity index (χ2v) is 8.27. The Morgan fingerprint density at radius 2 is 2.03 bits per heavy atom. The lowest BCUT2D eigenvalue weighted by molar-refractivity contribution is 0.404. The molecule has 0 aliphatic heterocycles. The third kappa shape index (κ3) is 3.52. The summed E-state index contributed by atoms with van der Waals surface area (Å²) in [7, 11) is 1.46. The molecule has 32 heavy (non-hydrogen) atoms. The van der Waals surface area contributed by atoms with Crippen LogP contribution in [0.5, 0.6) is 17.2 Å². The molecule has 0 spiro atoms. The van der Waals surface area contributed by atoms with Gasteiger partial charge in [-0.05, 0) is 42.5 Å². The number of methoxy groups -OCH3 is 1. The summed E-state index contributed by atoms with van der Waals surface area (Å²) in [6.45, 7) is 0. The Bertz CT molecular complexity index is 1630. The predicted molar refractivity (Wildman–Crippen MR) is 122 cm³/mol. The molecule has 0 aliphatic carbocycles. The largest absolute Gasteiger partial charge is 0.493 e. The van der Waals surface area contributed by atoms with E-state index in [-0.39, 0.29) is 21.0 Å². The van der Waals surface area contributed by atoms with Crippen LogP contribution in [0.3, 0.4) is 0 Å². The summed E-state index contributed by atoms with van der Waals surface area (Å²) in [5.74, 6) is 0.690. The SMILES string of the molecule is COc1ccnc2c(=O)n(-c3nc4ccc(Oc5ccc(F)cc5Cl)cc4s3)c(=S)oc12. The van der Waals surface area contributed by atoms with Crippen LogP contribution < -0.4 is 15.0 Å². The molecule has 5 aromatic rings. The summed E-state index contributed by atoms with van der Waals surface area (Å²) in [5, 5.41) is 0.473. The van der Waals surface area contributed by atoms with E-state index < -0.39 is 11.4 Å². The number of pyridine rings is 1. The lowest BCUT2D eigenvalue weighted by Crippen LogP contribution is -2.20. The van der Waals surface area contributed by atoms with Gasteiger partial charge in [0.05, 0.1) is 22.3 Å². The minimum absolute atomic E-state index is 0.0761. The van der Waals surface area contributed by atoms with Crippen molar-refractivity contribution < 1.29 is 18.3 Å². The lowest BCUT2D eigenvalue weighted by Gasteiger charge is -2.07. The summed E-state index contributed by atoms with van der Waals surface area (Å²) >= 11 is 12.6. The van der Waals surface area contributed by atoms with E-state index in [2.05, 4.69) is 9.97 Å². The molecule has 11 heteroatoms. The summed E-state index contributed by atoms with van der Waals surface area (Å²) < 4.78 is 31.8. The summed E-state index contributed by atoms with van der Waals surface area (Å²) in [6, 6.07) is 10.6. The number of thiazole rings is 1. The van der Waals surface area contributed by atoms with Crippen molar-refractivity contribution in [2.75, 3.05) is 7.11 Å². The molecule has 0 N–H and O–H groups in total. The minimum Gasteiger partial charge on any atom is -0.493 e. The fraction of sp³-hybridized carbons (Fsp3) is 0.0476. The Morgan fingerprint density at radius 1 is 1.19 bits per heavy atom. The fourth-order valence-corrected chi connectivity index (χ4v) is 4.57. The zero-order valence-electron chi connectivity index (χ0n) is 16.2. The summed E-state index contributed by atoms with van der Waals surface area (Å²) in [4.78, 5) is 21.6. The standard InChI is InChI=1S/C21H11ClFN3O4S2/c1-28-15-6-7-24-17-18(15)30-21(31)26(19(17)27)20-25-13-4-3-11(9-16(13)32-20)29-14-5-2-10(23)8-12(14)22/h2-9H,1H3. The van der Waals surface area contributed by atoms with Gasteiger partial charge in [0.15, 0.2) is 11.3 Å². The van der Waals surface area contributed by atoms with E-state index in [0.717, 1.165) is 4.70 Å². The molecule has 160 valence electrons. The summed E-state index contributed by atoms with van der Waals surface area (Å²) in [5.41, 5.74) is 0.410. The monoisotopic (exact) mass is 487 g/mol. The Kier molecular flexibility index (Phi) is 5.12. The number of halogens is 2. The molecular formula is C21H11ClFN3O4S2. The van der Waals surface area contributed by atoms with Gasteiger partial charge >= 0.3 is 0 Å². The number of aromatic nitrogens is 3. The molecule has 0 bridgehead atoms. The predicted octanol–water partition coefficient (Wildman–Crippen LogP) is 5.91. The highest BCUT2D eigenvalue weighted by molar-refractivity contribution is 7.71. The maximum atomic E-state index is 13.3. The highest BCUT2D eigenvalue weighted by Gasteiger charge is 2.17. The third-order valence-corrected chi connectivity index (χ3v) is 6.09. The van der Waals surface area contributed by atoms with Crippen molar-refractivity contribution in [1.29, 1.82) is 0 Å². The normalized spacial score (nSPS) is 11.2. The molecule has 0 radical (unpaired) electrons. The van der Waals surface area contributed by atoms with Crippen molar-refractivity contribution in [1.82, 2.24) is 14.5 Å². The smallest absolute Gasteiger partial charge is 0.290 e. The molecule has 0 amide bonds. The van der Waals surface area contributed by atoms with Crippen molar-refractivity contribution >= 4 is 56.5 Å². The van der Waals surface area contributed by atoms with Gasteiger partial charge in [0.2, 0.25) is 10.7 Å². The van der Waals surface area contributed by atoms with E-state index in [1.165, 1.54) is 47.4 Å². The van der Waals surface area contributed by atoms with E-state index in [9.17, 15) is 9.18 Å². The van der Waals surface area contributed by atoms with Crippen LogP contribution in [0.25, 0.3) is 26.4 Å². The second-order valence-electron chi connectivity index (χ2n) is 6.50. The van der Waals surface area contributed by atoms with Crippen LogP contribution in [-0.4, -0.2) is 21.6 Å². The van der Waals surface area contributed by atoms with Gasteiger partial charge in [0, 0.05) is 18.3 Å². The first-order valence-electron chi connectivity index (χ1n) is 9.07. The number of hydrogen-bond acceptors (Lipinski definition) is 8. The maximum absolute atomic E-state index is 13.3. The fourth-order valence-electron chi connectivity index (χ4n) is 3.07. The Morgan fingerprint density at radius 3 is 2.81 bits per heavy atom. The molecule has 3 heterocycles. The molecule has 0 fully saturated rings. The van der Waals surface area contributed by atoms with Crippen LogP contribution >= 0.6 is 35.2 Å². The molecule has 0 saturated carbocycles. The summed E-state index contributed by atoms with van der Waals surface area (Å²) in [6.07, 6.45) is 1.45. The average Bonchev–Trinajstić information content (AvgIpc) is 3.18. The van der Waals surface area contributed by atoms with Gasteiger partial charge in [0.1, 0.15) is 17.3 Å². The van der Waals surface area contributed by atoms with Gasteiger partial charge < -0.3 is 13.9 Å². The zero-order chi connectivity index (χ0) is 22.4. The van der Waals surface area contributed by atoms with Gasteiger partial charge in [-0.25, -0.2) is 18.9 Å². The molecule has 0 saturated heterocycles. The van der Waals surface area contributed by atoms with Gasteiger partial charge in [-0.2, -0.15) is 0 Å². The number of ether oxygens (including phenoxy) is 2. The molecule has 7 nitrogen and oxygen atoms in total. The van der Waals surface area contributed by atoms with Gasteiger partial charge in [-0.1, -0.05) is 22.9 Å². The third-order valence-electron chi connectivity index (χ3n) is 4.53. The zero-order valence-corrected chi connectivity index (χ0v) is 18.6. The number of fused-ring (bicyclic) bond motifs is 2. The maximum Gasteiger partial charge on any atom is 0.290 e. The minimum atomic E-state index is -0.469. The van der Waals surface area contributed by atoms with Crippen molar-refractivity contribution in [3.63, 3.8) is 0 Å². The number of hydrogen-bond donors (Lipinski definition) is 0. The quantitative estimate of drug-likeness (QED) is 0.291. The van der Waals surface area contributed by atoms with Crippen molar-refractivity contribution in [3.05, 3.63) is 74.7 Å². The van der Waals surface area contributed by atoms with Crippen molar-refractivity contribution in [2.45, 2.75) is 0 Å². The highest BCUT2D eigenvalue weighted by atomic mass is 35.5. The van der Waals surface area contributed by atoms with Crippen LogP contribution in [0.15, 0.2) is 57.9 Å². The number of nitrogens with zero attached hydrogens (tertiary/aromatic N) is 3. The first-order chi connectivity index (χ1) is 15.4. The lowest BCUT2D eigenvalue weighted by atomic mass is 10.3. The van der Waals surface area contributed by atoms with E-state index in [4.69, 9.17) is 37.7 Å². The molecule has 3 aromatic heterocycles. The highest BCUT2D eigenvalue weighted by Crippen LogP contribution is 2.34. The molecule has 0 atom stereocenters. The van der Waals surface area contributed by atoms with Crippen molar-refractivity contribution in [2.24, 2.45) is 0 Å². The van der Waals surface area contributed by atoms with Crippen LogP contribution in [0, 0.1) is 10.7 Å². The second kappa shape index (κ2) is 7.97. The Balaban J connectivity index is 1.59. The van der Waals surface area contributed by atoms with Gasteiger partial charge in [-0.15, -0.1) is 0 Å². The van der Waals surface area contributed by atoms with E-state index >= 15 is 0 Å². The van der Waals surface area contributed by atoms with E-state index in [0.29, 0.717) is 27.9 Å². The van der Waals surface area contributed by atoms with Crippen LogP contribution in [0.4, 0.5) is 4.39 Å². The van der Waals surface area contributed by atoms with E-state index in [1.54, 1.807) is 24.3 Å². The van der Waals surface area contributed by atoms with E-state index in [1.807, 2.05) is 0 Å². The van der Waals surface area contributed by atoms with Crippen LogP contribution in [0.2, 0.25) is 5.02 Å². The number of rotatable bonds is 4. The molecule has 0 aliphatic rings. The first kappa shape index (κ1) is 20.6. The Labute approximate surface area is 193 Å². The van der Waals surface area contributed by atoms with Crippen LogP contribution in [0.1, 0.15) is 0 Å². The van der Waals surface area contributed by atoms with Gasteiger partial charge in [-0.3, -0.25) is 4.79 Å². The first-order valence-corrected chi connectivity index (χ1v) is 10.7. The van der Waals surface area contributed by atoms with Crippen LogP contribution in [-0.2, 0) is 0 Å². The molecule has 2 aromatic carbocycles.